The van der Waals surface area contributed by atoms with Crippen molar-refractivity contribution in [3.63, 3.8) is 0 Å². The summed E-state index contributed by atoms with van der Waals surface area (Å²) < 4.78 is 6.96. The Balaban J connectivity index is 1.45. The van der Waals surface area contributed by atoms with Crippen molar-refractivity contribution in [2.75, 3.05) is 11.6 Å². The Morgan fingerprint density at radius 3 is 3.09 bits per heavy atom. The van der Waals surface area contributed by atoms with Gasteiger partial charge >= 0.3 is 0 Å². The van der Waals surface area contributed by atoms with Gasteiger partial charge in [0.05, 0.1) is 22.8 Å². The zero-order valence-electron chi connectivity index (χ0n) is 12.2. The Bertz CT molecular complexity index is 804. The third-order valence-electron chi connectivity index (χ3n) is 3.64. The highest BCUT2D eigenvalue weighted by Gasteiger charge is 2.22. The second kappa shape index (κ2) is 6.35. The molecule has 7 heteroatoms. The minimum atomic E-state index is -0.0984. The number of fused-ring (bicyclic) bond motifs is 1. The Labute approximate surface area is 141 Å². The number of aromatic nitrogens is 1. The fourth-order valence-corrected chi connectivity index (χ4v) is 4.30. The average Bonchev–Trinajstić information content (AvgIpc) is 3.31. The van der Waals surface area contributed by atoms with Gasteiger partial charge < -0.3 is 9.73 Å². The van der Waals surface area contributed by atoms with Crippen molar-refractivity contribution in [3.05, 3.63) is 42.2 Å². The van der Waals surface area contributed by atoms with Crippen LogP contribution in [0.15, 0.2) is 40.8 Å². The van der Waals surface area contributed by atoms with Crippen LogP contribution in [0.4, 0.5) is 0 Å². The average molecular weight is 345 g/mol. The fraction of sp³-hybridized carbons (Fsp3) is 0.250. The summed E-state index contributed by atoms with van der Waals surface area (Å²) in [5, 5.41) is 6.92. The molecule has 1 atom stereocenters. The van der Waals surface area contributed by atoms with E-state index >= 15 is 0 Å². The lowest BCUT2D eigenvalue weighted by atomic mass is 10.3. The number of rotatable bonds is 4. The molecule has 0 saturated carbocycles. The van der Waals surface area contributed by atoms with Crippen molar-refractivity contribution in [2.45, 2.75) is 12.6 Å². The van der Waals surface area contributed by atoms with Gasteiger partial charge in [-0.2, -0.15) is 0 Å². The van der Waals surface area contributed by atoms with Gasteiger partial charge in [0.25, 0.3) is 0 Å². The zero-order chi connectivity index (χ0) is 15.6. The second-order valence-corrected chi connectivity index (χ2v) is 7.30. The van der Waals surface area contributed by atoms with E-state index in [0.29, 0.717) is 6.54 Å². The van der Waals surface area contributed by atoms with Crippen molar-refractivity contribution in [3.8, 4) is 10.8 Å². The number of carbonyl (C=O) groups is 1. The minimum absolute atomic E-state index is 0.0212. The molecule has 1 aromatic carbocycles. The Hall–Kier alpha value is -1.83. The predicted molar refractivity (Wildman–Crippen MR) is 93.4 cm³/mol. The highest BCUT2D eigenvalue weighted by Crippen LogP contribution is 2.31. The molecule has 4 rings (SSSR count). The normalized spacial score (nSPS) is 17.7. The van der Waals surface area contributed by atoms with E-state index in [2.05, 4.69) is 15.6 Å². The van der Waals surface area contributed by atoms with E-state index in [1.54, 1.807) is 23.1 Å². The van der Waals surface area contributed by atoms with E-state index in [9.17, 15) is 4.79 Å². The van der Waals surface area contributed by atoms with Crippen molar-refractivity contribution >= 4 is 39.2 Å². The van der Waals surface area contributed by atoms with Gasteiger partial charge in [-0.05, 0) is 24.3 Å². The van der Waals surface area contributed by atoms with Gasteiger partial charge in [0, 0.05) is 11.6 Å². The van der Waals surface area contributed by atoms with E-state index in [-0.39, 0.29) is 11.9 Å². The molecule has 118 valence electrons. The van der Waals surface area contributed by atoms with Crippen molar-refractivity contribution < 1.29 is 9.21 Å². The van der Waals surface area contributed by atoms with E-state index in [4.69, 9.17) is 4.42 Å². The number of furan rings is 1. The molecule has 1 fully saturated rings. The summed E-state index contributed by atoms with van der Waals surface area (Å²) in [4.78, 5) is 16.6. The van der Waals surface area contributed by atoms with Crippen LogP contribution in [-0.2, 0) is 11.3 Å². The van der Waals surface area contributed by atoms with Crippen LogP contribution in [-0.4, -0.2) is 28.6 Å². The molecule has 1 aliphatic heterocycles. The summed E-state index contributed by atoms with van der Waals surface area (Å²) in [7, 11) is 0. The lowest BCUT2D eigenvalue weighted by Gasteiger charge is -2.08. The van der Waals surface area contributed by atoms with Crippen molar-refractivity contribution in [1.82, 2.24) is 15.6 Å². The van der Waals surface area contributed by atoms with E-state index in [0.717, 1.165) is 38.4 Å². The second-order valence-electron chi connectivity index (χ2n) is 5.24. The summed E-state index contributed by atoms with van der Waals surface area (Å²) >= 11 is 3.34. The van der Waals surface area contributed by atoms with Crippen LogP contribution in [0.2, 0.25) is 0 Å². The van der Waals surface area contributed by atoms with Crippen molar-refractivity contribution in [2.24, 2.45) is 0 Å². The molecule has 3 aromatic rings. The number of amides is 1. The molecule has 1 aliphatic rings. The molecule has 2 aromatic heterocycles. The highest BCUT2D eigenvalue weighted by molar-refractivity contribution is 7.99. The van der Waals surface area contributed by atoms with Gasteiger partial charge in [0.2, 0.25) is 5.91 Å². The molecule has 0 spiro atoms. The predicted octanol–water partition coefficient (Wildman–Crippen LogP) is 2.83. The smallest absolute Gasteiger partial charge is 0.238 e. The summed E-state index contributed by atoms with van der Waals surface area (Å²) in [6.45, 7) is 0.395. The highest BCUT2D eigenvalue weighted by atomic mass is 32.2. The molecular formula is C16H15N3O2S2. The first-order chi connectivity index (χ1) is 11.3. The van der Waals surface area contributed by atoms with E-state index in [1.165, 1.54) is 0 Å². The van der Waals surface area contributed by atoms with Gasteiger partial charge in [-0.15, -0.1) is 23.1 Å². The van der Waals surface area contributed by atoms with Gasteiger partial charge in [0.1, 0.15) is 5.76 Å². The maximum atomic E-state index is 12.0. The van der Waals surface area contributed by atoms with Crippen LogP contribution in [0.1, 0.15) is 5.76 Å². The monoisotopic (exact) mass is 345 g/mol. The molecule has 0 bridgehead atoms. The quantitative estimate of drug-likeness (QED) is 0.761. The van der Waals surface area contributed by atoms with Gasteiger partial charge in [-0.25, -0.2) is 4.98 Å². The number of hydrogen-bond acceptors (Lipinski definition) is 6. The first-order valence-corrected chi connectivity index (χ1v) is 9.30. The maximum Gasteiger partial charge on any atom is 0.238 e. The lowest BCUT2D eigenvalue weighted by Crippen LogP contribution is -2.41. The number of hydrogen-bond donors (Lipinski definition) is 2. The third kappa shape index (κ3) is 3.12. The van der Waals surface area contributed by atoms with Crippen LogP contribution in [0.5, 0.6) is 0 Å². The Morgan fingerprint density at radius 1 is 1.35 bits per heavy atom. The number of benzene rings is 1. The van der Waals surface area contributed by atoms with Gasteiger partial charge in [-0.3, -0.25) is 10.1 Å². The molecule has 0 aliphatic carbocycles. The largest absolute Gasteiger partial charge is 0.457 e. The van der Waals surface area contributed by atoms with Crippen LogP contribution >= 0.6 is 23.1 Å². The topological polar surface area (TPSA) is 67.2 Å². The maximum absolute atomic E-state index is 12.0. The number of thiazole rings is 1. The first kappa shape index (κ1) is 14.7. The first-order valence-electron chi connectivity index (χ1n) is 7.33. The number of carbonyl (C=O) groups excluding carboxylic acids is 1. The molecular weight excluding hydrogens is 330 g/mol. The molecule has 1 saturated heterocycles. The Morgan fingerprint density at radius 2 is 2.26 bits per heavy atom. The van der Waals surface area contributed by atoms with E-state index in [1.807, 2.05) is 36.4 Å². The van der Waals surface area contributed by atoms with Crippen LogP contribution in [0.3, 0.4) is 0 Å². The number of nitrogens with zero attached hydrogens (tertiary/aromatic N) is 1. The minimum Gasteiger partial charge on any atom is -0.457 e. The number of nitrogens with one attached hydrogen (secondary N) is 2. The molecule has 1 unspecified atom stereocenters. The fourth-order valence-electron chi connectivity index (χ4n) is 2.43. The van der Waals surface area contributed by atoms with Crippen LogP contribution in [0, 0.1) is 0 Å². The zero-order valence-corrected chi connectivity index (χ0v) is 13.9. The SMILES string of the molecule is O=C(NCc1ccc(-c2nc3ccccc3s2)o1)C1CSCN1. The number of para-hydroxylation sites is 1. The summed E-state index contributed by atoms with van der Waals surface area (Å²) in [5.74, 6) is 3.15. The van der Waals surface area contributed by atoms with Gasteiger partial charge in [-0.1, -0.05) is 12.1 Å². The van der Waals surface area contributed by atoms with Crippen LogP contribution < -0.4 is 10.6 Å². The molecule has 3 heterocycles. The third-order valence-corrected chi connectivity index (χ3v) is 5.63. The molecule has 1 amide bonds. The summed E-state index contributed by atoms with van der Waals surface area (Å²) in [5.41, 5.74) is 0.976. The molecule has 0 radical (unpaired) electrons. The Kier molecular flexibility index (Phi) is 4.07. The van der Waals surface area contributed by atoms with E-state index < -0.39 is 0 Å². The van der Waals surface area contributed by atoms with Crippen molar-refractivity contribution in [1.29, 1.82) is 0 Å². The molecule has 2 N–H and O–H groups in total. The summed E-state index contributed by atoms with van der Waals surface area (Å²) in [6.07, 6.45) is 0. The lowest BCUT2D eigenvalue weighted by molar-refractivity contribution is -0.122. The molecule has 5 nitrogen and oxygen atoms in total. The number of thioether (sulfide) groups is 1. The molecule has 23 heavy (non-hydrogen) atoms. The summed E-state index contributed by atoms with van der Waals surface area (Å²) in [6, 6.07) is 11.7. The van der Waals surface area contributed by atoms with Crippen LogP contribution in [0.25, 0.3) is 21.0 Å². The standard InChI is InChI=1S/C16H15N3O2S2/c20-15(12-8-22-9-18-12)17-7-10-5-6-13(21-10)16-19-11-3-1-2-4-14(11)23-16/h1-6,12,18H,7-9H2,(H,17,20). The van der Waals surface area contributed by atoms with Gasteiger partial charge in [0.15, 0.2) is 10.8 Å².